The third kappa shape index (κ3) is 4.12. The number of hydrogen-bond acceptors (Lipinski definition) is 3. The van der Waals surface area contributed by atoms with Crippen LogP contribution in [0.2, 0.25) is 0 Å². The summed E-state index contributed by atoms with van der Waals surface area (Å²) < 4.78 is 15.0. The van der Waals surface area contributed by atoms with E-state index in [1.54, 1.807) is 0 Å². The lowest BCUT2D eigenvalue weighted by Gasteiger charge is -2.20. The van der Waals surface area contributed by atoms with Crippen molar-refractivity contribution < 1.29 is 4.57 Å². The summed E-state index contributed by atoms with van der Waals surface area (Å²) in [5.41, 5.74) is 9.74. The van der Waals surface area contributed by atoms with Gasteiger partial charge in [-0.15, -0.1) is 0 Å². The molecule has 0 amide bonds. The summed E-state index contributed by atoms with van der Waals surface area (Å²) in [6, 6.07) is 45.5. The van der Waals surface area contributed by atoms with E-state index in [1.165, 1.54) is 11.1 Å². The highest BCUT2D eigenvalue weighted by atomic mass is 31.2. The SMILES string of the molecule is C=C1/C(=C\C=C2/CN(c3ccc(-c4cccc5cccnc45)cc3)c3ccccc32)P(=O)(c2ccccc2)c2ccccc21. The maximum Gasteiger partial charge on any atom is 0.172 e. The fourth-order valence-electron chi connectivity index (χ4n) is 6.61. The molecule has 210 valence electrons. The number of anilines is 2. The number of hydrogen-bond donors (Lipinski definition) is 0. The van der Waals surface area contributed by atoms with Crippen LogP contribution in [0.1, 0.15) is 11.1 Å². The van der Waals surface area contributed by atoms with Crippen molar-refractivity contribution in [3.8, 4) is 11.1 Å². The molecule has 0 spiro atoms. The lowest BCUT2D eigenvalue weighted by molar-refractivity contribution is 0.591. The Morgan fingerprint density at radius 1 is 0.682 bits per heavy atom. The van der Waals surface area contributed by atoms with Crippen LogP contribution in [-0.2, 0) is 4.57 Å². The van der Waals surface area contributed by atoms with E-state index in [2.05, 4.69) is 101 Å². The molecule has 0 radical (unpaired) electrons. The van der Waals surface area contributed by atoms with E-state index in [-0.39, 0.29) is 0 Å². The molecule has 3 nitrogen and oxygen atoms in total. The minimum Gasteiger partial charge on any atom is -0.336 e. The molecule has 2 aliphatic rings. The van der Waals surface area contributed by atoms with Gasteiger partial charge >= 0.3 is 0 Å². The van der Waals surface area contributed by atoms with Crippen molar-refractivity contribution in [2.75, 3.05) is 11.4 Å². The Labute approximate surface area is 257 Å². The molecule has 8 rings (SSSR count). The van der Waals surface area contributed by atoms with E-state index >= 15 is 0 Å². The zero-order valence-electron chi connectivity index (χ0n) is 24.1. The number of pyridine rings is 1. The maximum atomic E-state index is 15.0. The zero-order valence-corrected chi connectivity index (χ0v) is 25.0. The van der Waals surface area contributed by atoms with Crippen LogP contribution in [0.5, 0.6) is 0 Å². The van der Waals surface area contributed by atoms with E-state index in [1.807, 2.05) is 66.9 Å². The van der Waals surface area contributed by atoms with Crippen molar-refractivity contribution in [3.05, 3.63) is 175 Å². The maximum absolute atomic E-state index is 15.0. The van der Waals surface area contributed by atoms with Crippen molar-refractivity contribution >= 4 is 51.2 Å². The van der Waals surface area contributed by atoms with Gasteiger partial charge in [-0.1, -0.05) is 122 Å². The van der Waals surface area contributed by atoms with Gasteiger partial charge in [0.05, 0.1) is 5.52 Å². The molecule has 0 fully saturated rings. The molecule has 0 saturated heterocycles. The molecule has 0 aliphatic carbocycles. The van der Waals surface area contributed by atoms with Crippen LogP contribution in [-0.4, -0.2) is 11.5 Å². The molecule has 0 bridgehead atoms. The van der Waals surface area contributed by atoms with Gasteiger partial charge in [0.25, 0.3) is 0 Å². The van der Waals surface area contributed by atoms with Gasteiger partial charge in [-0.25, -0.2) is 0 Å². The highest BCUT2D eigenvalue weighted by Crippen LogP contribution is 2.62. The van der Waals surface area contributed by atoms with E-state index in [4.69, 9.17) is 0 Å². The van der Waals surface area contributed by atoms with Crippen LogP contribution < -0.4 is 15.5 Å². The zero-order chi connectivity index (χ0) is 29.7. The Morgan fingerprint density at radius 2 is 1.39 bits per heavy atom. The molecule has 0 saturated carbocycles. The van der Waals surface area contributed by atoms with Gasteiger partial charge in [-0.3, -0.25) is 4.98 Å². The predicted molar refractivity (Wildman–Crippen MR) is 185 cm³/mol. The minimum atomic E-state index is -3.05. The van der Waals surface area contributed by atoms with Crippen LogP contribution in [0.25, 0.3) is 33.2 Å². The van der Waals surface area contributed by atoms with E-state index in [0.29, 0.717) is 6.54 Å². The van der Waals surface area contributed by atoms with Crippen LogP contribution >= 0.6 is 7.14 Å². The number of benzene rings is 5. The molecule has 1 aromatic heterocycles. The Hall–Kier alpha value is -5.24. The standard InChI is InChI=1S/C40H29N2OP/c1-28-34-15-6-8-19-39(34)44(43,33-13-3-2-4-14-33)38(28)25-22-31-27-42(37-18-7-5-16-35(31)37)32-23-20-29(21-24-32)36-17-9-11-30-12-10-26-41-40(30)36/h2-26H,1,27H2/b31-22+,38-25+. The van der Waals surface area contributed by atoms with Crippen LogP contribution in [0.4, 0.5) is 11.4 Å². The summed E-state index contributed by atoms with van der Waals surface area (Å²) in [6.45, 7) is 5.13. The molecule has 6 aromatic rings. The summed E-state index contributed by atoms with van der Waals surface area (Å²) >= 11 is 0. The number of rotatable bonds is 4. The quantitative estimate of drug-likeness (QED) is 0.194. The summed E-state index contributed by atoms with van der Waals surface area (Å²) in [5, 5.41) is 3.65. The Bertz CT molecular complexity index is 2190. The second-order valence-corrected chi connectivity index (χ2v) is 13.9. The van der Waals surface area contributed by atoms with Gasteiger partial charge in [0.1, 0.15) is 0 Å². The van der Waals surface area contributed by atoms with Gasteiger partial charge in [-0.05, 0) is 52.6 Å². The first-order valence-corrected chi connectivity index (χ1v) is 16.5. The van der Waals surface area contributed by atoms with Gasteiger partial charge < -0.3 is 9.46 Å². The van der Waals surface area contributed by atoms with E-state index in [0.717, 1.165) is 60.5 Å². The highest BCUT2D eigenvalue weighted by Gasteiger charge is 2.41. The van der Waals surface area contributed by atoms with Gasteiger partial charge in [0, 0.05) is 56.6 Å². The Morgan fingerprint density at radius 3 is 2.23 bits per heavy atom. The minimum absolute atomic E-state index is 0.716. The molecule has 2 aliphatic heterocycles. The summed E-state index contributed by atoms with van der Waals surface area (Å²) in [5.74, 6) is 0. The summed E-state index contributed by atoms with van der Waals surface area (Å²) in [7, 11) is -3.05. The second-order valence-electron chi connectivity index (χ2n) is 11.2. The van der Waals surface area contributed by atoms with E-state index < -0.39 is 7.14 Å². The molecule has 44 heavy (non-hydrogen) atoms. The normalized spacial score (nSPS) is 19.1. The summed E-state index contributed by atoms with van der Waals surface area (Å²) in [4.78, 5) is 7.00. The lowest BCUT2D eigenvalue weighted by Crippen LogP contribution is -2.14. The Balaban J connectivity index is 1.17. The van der Waals surface area contributed by atoms with Gasteiger partial charge in [0.15, 0.2) is 7.14 Å². The highest BCUT2D eigenvalue weighted by molar-refractivity contribution is 7.83. The number of aromatic nitrogens is 1. The fourth-order valence-corrected chi connectivity index (χ4v) is 9.65. The smallest absolute Gasteiger partial charge is 0.172 e. The first-order valence-electron chi connectivity index (χ1n) is 14.8. The average molecular weight is 585 g/mol. The number of para-hydroxylation sites is 2. The van der Waals surface area contributed by atoms with Gasteiger partial charge in [-0.2, -0.15) is 0 Å². The largest absolute Gasteiger partial charge is 0.336 e. The monoisotopic (exact) mass is 584 g/mol. The van der Waals surface area contributed by atoms with Crippen LogP contribution in [0, 0.1) is 0 Å². The van der Waals surface area contributed by atoms with Crippen LogP contribution in [0.15, 0.2) is 164 Å². The number of fused-ring (bicyclic) bond motifs is 3. The second kappa shape index (κ2) is 10.5. The van der Waals surface area contributed by atoms with Crippen molar-refractivity contribution in [2.45, 2.75) is 0 Å². The number of allylic oxidation sites excluding steroid dienone is 4. The molecular formula is C40H29N2OP. The molecule has 3 heterocycles. The fraction of sp³-hybridized carbons (Fsp3) is 0.0250. The first-order chi connectivity index (χ1) is 21.6. The van der Waals surface area contributed by atoms with Crippen molar-refractivity contribution in [3.63, 3.8) is 0 Å². The molecule has 4 heteroatoms. The first kappa shape index (κ1) is 26.4. The molecule has 1 unspecified atom stereocenters. The molecule has 5 aromatic carbocycles. The van der Waals surface area contributed by atoms with Crippen LogP contribution in [0.3, 0.4) is 0 Å². The third-order valence-corrected chi connectivity index (χ3v) is 12.0. The average Bonchev–Trinajstić information content (AvgIpc) is 3.56. The van der Waals surface area contributed by atoms with Crippen molar-refractivity contribution in [1.29, 1.82) is 0 Å². The lowest BCUT2D eigenvalue weighted by atomic mass is 10.0. The predicted octanol–water partition coefficient (Wildman–Crippen LogP) is 9.36. The van der Waals surface area contributed by atoms with E-state index in [9.17, 15) is 4.57 Å². The third-order valence-electron chi connectivity index (χ3n) is 8.77. The molecular weight excluding hydrogens is 555 g/mol. The van der Waals surface area contributed by atoms with Gasteiger partial charge in [0.2, 0.25) is 0 Å². The van der Waals surface area contributed by atoms with Crippen molar-refractivity contribution in [2.24, 2.45) is 0 Å². The molecule has 0 N–H and O–H groups in total. The molecule has 1 atom stereocenters. The topological polar surface area (TPSA) is 33.2 Å². The van der Waals surface area contributed by atoms with Crippen molar-refractivity contribution in [1.82, 2.24) is 4.98 Å². The Kier molecular flexibility index (Phi) is 6.29. The number of nitrogens with zero attached hydrogens (tertiary/aromatic N) is 2. The summed E-state index contributed by atoms with van der Waals surface area (Å²) in [6.07, 6.45) is 6.06.